The van der Waals surface area contributed by atoms with Crippen molar-refractivity contribution in [1.82, 2.24) is 4.81 Å². The van der Waals surface area contributed by atoms with E-state index in [1.807, 2.05) is 30.8 Å². The Morgan fingerprint density at radius 3 is 2.50 bits per heavy atom. The molecule has 1 aliphatic carbocycles. The average Bonchev–Trinajstić information content (AvgIpc) is 2.55. The summed E-state index contributed by atoms with van der Waals surface area (Å²) in [4.78, 5) is 2.04. The Balaban J connectivity index is 2.05. The minimum absolute atomic E-state index is 0.230. The molecule has 0 aromatic heterocycles. The van der Waals surface area contributed by atoms with E-state index in [0.717, 1.165) is 12.8 Å². The Bertz CT molecular complexity index is 756. The highest BCUT2D eigenvalue weighted by Crippen LogP contribution is 2.44. The summed E-state index contributed by atoms with van der Waals surface area (Å²) in [6.45, 7) is 1.82. The second kappa shape index (κ2) is 7.54. The molecule has 1 N–H and O–H groups in total. The van der Waals surface area contributed by atoms with Crippen LogP contribution in [0, 0.1) is 3.57 Å². The van der Waals surface area contributed by atoms with Crippen molar-refractivity contribution < 1.29 is 5.02 Å². The normalized spacial score (nSPS) is 20.1. The van der Waals surface area contributed by atoms with Gasteiger partial charge >= 0.3 is 7.05 Å². The lowest BCUT2D eigenvalue weighted by Crippen LogP contribution is -2.38. The molecule has 0 saturated carbocycles. The summed E-state index contributed by atoms with van der Waals surface area (Å²) < 4.78 is 1.21. The summed E-state index contributed by atoms with van der Waals surface area (Å²) in [5, 5.41) is 11.2. The molecular weight excluding hydrogens is 455 g/mol. The van der Waals surface area contributed by atoms with E-state index in [2.05, 4.69) is 46.9 Å². The highest BCUT2D eigenvalue weighted by Gasteiger charge is 2.32. The van der Waals surface area contributed by atoms with Crippen molar-refractivity contribution in [3.8, 4) is 0 Å². The first-order valence-corrected chi connectivity index (χ1v) is 9.86. The van der Waals surface area contributed by atoms with Crippen LogP contribution in [0.25, 0.3) is 0 Å². The Hall–Kier alpha value is -0.265. The fourth-order valence-electron chi connectivity index (χ4n) is 3.55. The molecule has 0 unspecified atom stereocenters. The smallest absolute Gasteiger partial charge is 0.376 e. The minimum atomic E-state index is -0.470. The molecule has 3 rings (SSSR count). The minimum Gasteiger partial charge on any atom is -0.437 e. The van der Waals surface area contributed by atoms with Crippen molar-refractivity contribution in [2.24, 2.45) is 0 Å². The van der Waals surface area contributed by atoms with Crippen molar-refractivity contribution >= 4 is 52.8 Å². The third kappa shape index (κ3) is 3.63. The molecule has 0 heterocycles. The molecule has 2 aromatic carbocycles. The van der Waals surface area contributed by atoms with Gasteiger partial charge in [0.25, 0.3) is 0 Å². The molecule has 24 heavy (non-hydrogen) atoms. The molecule has 1 aliphatic rings. The highest BCUT2D eigenvalue weighted by atomic mass is 127. The summed E-state index contributed by atoms with van der Waals surface area (Å²) >= 11 is 14.7. The molecular formula is C18H19BCl2INO. The van der Waals surface area contributed by atoms with Crippen molar-refractivity contribution in [3.05, 3.63) is 66.7 Å². The maximum Gasteiger partial charge on any atom is 0.376 e. The second-order valence-corrected chi connectivity index (χ2v) is 8.45. The number of halogens is 3. The van der Waals surface area contributed by atoms with Crippen molar-refractivity contribution in [2.45, 2.75) is 31.6 Å². The molecule has 2 atom stereocenters. The topological polar surface area (TPSA) is 23.5 Å². The molecule has 0 aliphatic heterocycles. The van der Waals surface area contributed by atoms with Crippen LogP contribution in [0.4, 0.5) is 0 Å². The highest BCUT2D eigenvalue weighted by molar-refractivity contribution is 14.1. The van der Waals surface area contributed by atoms with Gasteiger partial charge in [0.15, 0.2) is 0 Å². The van der Waals surface area contributed by atoms with Gasteiger partial charge in [-0.25, -0.2) is 0 Å². The van der Waals surface area contributed by atoms with Gasteiger partial charge in [-0.1, -0.05) is 35.3 Å². The van der Waals surface area contributed by atoms with Gasteiger partial charge in [-0.3, -0.25) is 0 Å². The number of hydrogen-bond donors (Lipinski definition) is 1. The number of hydrogen-bond acceptors (Lipinski definition) is 2. The summed E-state index contributed by atoms with van der Waals surface area (Å²) in [7, 11) is 1.51. The predicted molar refractivity (Wildman–Crippen MR) is 111 cm³/mol. The Morgan fingerprint density at radius 2 is 1.83 bits per heavy atom. The molecule has 6 heteroatoms. The summed E-state index contributed by atoms with van der Waals surface area (Å²) in [5.74, 6) is 0.311. The molecule has 0 saturated heterocycles. The molecule has 2 aromatic rings. The van der Waals surface area contributed by atoms with E-state index in [0.29, 0.717) is 16.0 Å². The van der Waals surface area contributed by atoms with E-state index in [1.54, 1.807) is 0 Å². The molecule has 0 fully saturated rings. The van der Waals surface area contributed by atoms with Crippen LogP contribution in [-0.2, 0) is 0 Å². The van der Waals surface area contributed by atoms with Crippen molar-refractivity contribution in [1.29, 1.82) is 0 Å². The number of fused-ring (bicyclic) bond motifs is 1. The number of benzene rings is 2. The van der Waals surface area contributed by atoms with Crippen LogP contribution in [0.5, 0.6) is 0 Å². The zero-order chi connectivity index (χ0) is 17.4. The molecule has 2 nitrogen and oxygen atoms in total. The lowest BCUT2D eigenvalue weighted by atomic mass is 9.73. The first-order valence-electron chi connectivity index (χ1n) is 8.02. The third-order valence-electron chi connectivity index (χ3n) is 4.94. The summed E-state index contributed by atoms with van der Waals surface area (Å²) in [6, 6.07) is 12.8. The van der Waals surface area contributed by atoms with Gasteiger partial charge in [0.05, 0.1) is 10.0 Å². The van der Waals surface area contributed by atoms with Crippen LogP contribution in [0.1, 0.15) is 41.5 Å². The summed E-state index contributed by atoms with van der Waals surface area (Å²) in [6.07, 6.45) is 2.02. The zero-order valence-electron chi connectivity index (χ0n) is 13.6. The van der Waals surface area contributed by atoms with Gasteiger partial charge in [0.2, 0.25) is 0 Å². The molecule has 0 spiro atoms. The largest absolute Gasteiger partial charge is 0.437 e. The van der Waals surface area contributed by atoms with E-state index in [1.165, 1.54) is 20.3 Å². The van der Waals surface area contributed by atoms with Crippen LogP contribution < -0.4 is 0 Å². The summed E-state index contributed by atoms with van der Waals surface area (Å²) in [5.41, 5.74) is 3.81. The lowest BCUT2D eigenvalue weighted by Gasteiger charge is -2.38. The van der Waals surface area contributed by atoms with Gasteiger partial charge in [0.1, 0.15) is 0 Å². The number of rotatable bonds is 3. The molecule has 0 bridgehead atoms. The van der Waals surface area contributed by atoms with E-state index in [-0.39, 0.29) is 6.04 Å². The monoisotopic (exact) mass is 473 g/mol. The van der Waals surface area contributed by atoms with Gasteiger partial charge in [-0.15, -0.1) is 0 Å². The zero-order valence-corrected chi connectivity index (χ0v) is 17.3. The van der Waals surface area contributed by atoms with Crippen LogP contribution in [0.2, 0.25) is 16.9 Å². The van der Waals surface area contributed by atoms with E-state index < -0.39 is 7.05 Å². The van der Waals surface area contributed by atoms with Gasteiger partial charge in [-0.2, -0.15) is 0 Å². The van der Waals surface area contributed by atoms with E-state index in [9.17, 15) is 5.02 Å². The van der Waals surface area contributed by atoms with Crippen LogP contribution >= 0.6 is 45.8 Å². The van der Waals surface area contributed by atoms with Crippen LogP contribution in [-0.4, -0.2) is 23.9 Å². The van der Waals surface area contributed by atoms with Gasteiger partial charge in [-0.05, 0) is 90.3 Å². The van der Waals surface area contributed by atoms with Crippen molar-refractivity contribution in [2.75, 3.05) is 7.05 Å². The second-order valence-electron chi connectivity index (χ2n) is 6.39. The third-order valence-corrected chi connectivity index (χ3v) is 6.35. The van der Waals surface area contributed by atoms with Gasteiger partial charge in [0, 0.05) is 15.5 Å². The Kier molecular flexibility index (Phi) is 5.82. The Labute approximate surface area is 167 Å². The lowest BCUT2D eigenvalue weighted by molar-refractivity contribution is 0.297. The predicted octanol–water partition coefficient (Wildman–Crippen LogP) is 5.61. The first-order chi connectivity index (χ1) is 11.4. The molecule has 126 valence electrons. The number of nitrogens with zero attached hydrogens (tertiary/aromatic N) is 1. The molecule has 0 radical (unpaired) electrons. The van der Waals surface area contributed by atoms with Crippen LogP contribution in [0.15, 0.2) is 36.4 Å². The SMILES string of the molecule is CB(O)N(C)[C@H]1CC[C@@H](c2ccc(Cl)c(Cl)c2)c2ccc(I)cc21. The van der Waals surface area contributed by atoms with E-state index >= 15 is 0 Å². The first kappa shape index (κ1) is 18.5. The Morgan fingerprint density at radius 1 is 1.08 bits per heavy atom. The maximum atomic E-state index is 10.0. The fourth-order valence-corrected chi connectivity index (χ4v) is 4.37. The fraction of sp³-hybridized carbons (Fsp3) is 0.333. The van der Waals surface area contributed by atoms with Gasteiger partial charge < -0.3 is 9.83 Å². The van der Waals surface area contributed by atoms with Crippen molar-refractivity contribution in [3.63, 3.8) is 0 Å². The average molecular weight is 474 g/mol. The van der Waals surface area contributed by atoms with Crippen LogP contribution in [0.3, 0.4) is 0 Å². The standard InChI is InChI=1S/C18H19BCl2INO/c1-19(24)23(2)18-8-6-13(11-3-7-16(20)17(21)9-11)14-5-4-12(22)10-15(14)18/h3-5,7,9-10,13,18,24H,6,8H2,1-2H3/t13-,18-/m0/s1. The maximum absolute atomic E-state index is 10.0. The molecule has 0 amide bonds. The van der Waals surface area contributed by atoms with E-state index in [4.69, 9.17) is 23.2 Å². The quantitative estimate of drug-likeness (QED) is 0.463.